The highest BCUT2D eigenvalue weighted by atomic mass is 16.5. The van der Waals surface area contributed by atoms with Gasteiger partial charge in [-0.2, -0.15) is 0 Å². The summed E-state index contributed by atoms with van der Waals surface area (Å²) in [5.74, 6) is 1.00. The molecule has 0 heterocycles. The molecule has 162 valence electrons. The van der Waals surface area contributed by atoms with Crippen LogP contribution in [0.2, 0.25) is 0 Å². The first kappa shape index (κ1) is 23.6. The number of benzene rings is 1. The zero-order valence-electron chi connectivity index (χ0n) is 18.2. The first-order valence-corrected chi connectivity index (χ1v) is 11.1. The summed E-state index contributed by atoms with van der Waals surface area (Å²) >= 11 is 0. The topological polar surface area (TPSA) is 55.8 Å². The Morgan fingerprint density at radius 3 is 2.41 bits per heavy atom. The average molecular weight is 403 g/mol. The van der Waals surface area contributed by atoms with Crippen LogP contribution in [-0.4, -0.2) is 38.0 Å². The molecule has 29 heavy (non-hydrogen) atoms. The predicted molar refractivity (Wildman–Crippen MR) is 117 cm³/mol. The maximum Gasteiger partial charge on any atom is 0.335 e. The fourth-order valence-electron chi connectivity index (χ4n) is 4.29. The highest BCUT2D eigenvalue weighted by molar-refractivity contribution is 5.87. The third-order valence-electron chi connectivity index (χ3n) is 6.20. The van der Waals surface area contributed by atoms with Crippen LogP contribution in [0.15, 0.2) is 36.4 Å². The minimum absolute atomic E-state index is 0.0289. The van der Waals surface area contributed by atoms with Crippen molar-refractivity contribution in [2.75, 3.05) is 26.9 Å². The molecule has 4 nitrogen and oxygen atoms in total. The fraction of sp³-hybridized carbons (Fsp3) is 0.640. The molecule has 1 aliphatic carbocycles. The molecule has 1 aromatic carbocycles. The number of carbonyl (C=O) groups is 1. The molecule has 1 aliphatic rings. The molecule has 4 heteroatoms. The van der Waals surface area contributed by atoms with Crippen LogP contribution in [0.25, 0.3) is 0 Å². The van der Waals surface area contributed by atoms with E-state index in [2.05, 4.69) is 37.8 Å². The van der Waals surface area contributed by atoms with E-state index in [1.165, 1.54) is 56.9 Å². The molecule has 0 amide bonds. The van der Waals surface area contributed by atoms with E-state index < -0.39 is 5.97 Å². The van der Waals surface area contributed by atoms with Crippen molar-refractivity contribution in [2.24, 2.45) is 5.92 Å². The largest absolute Gasteiger partial charge is 0.462 e. The second-order valence-electron chi connectivity index (χ2n) is 8.39. The van der Waals surface area contributed by atoms with Crippen molar-refractivity contribution in [1.82, 2.24) is 0 Å². The summed E-state index contributed by atoms with van der Waals surface area (Å²) in [7, 11) is 1.65. The number of methoxy groups -OCH3 is 1. The maximum atomic E-state index is 11.8. The molecule has 0 radical (unpaired) electrons. The second-order valence-corrected chi connectivity index (χ2v) is 8.39. The van der Waals surface area contributed by atoms with E-state index in [-0.39, 0.29) is 24.7 Å². The van der Waals surface area contributed by atoms with Gasteiger partial charge in [-0.05, 0) is 48.6 Å². The number of unbranched alkanes of at least 4 members (excludes halogenated alkanes) is 2. The van der Waals surface area contributed by atoms with E-state index in [9.17, 15) is 4.79 Å². The number of ether oxygens (including phenoxy) is 2. The molecular weight excluding hydrogens is 364 g/mol. The molecule has 1 N–H and O–H groups in total. The quantitative estimate of drug-likeness (QED) is 0.290. The van der Waals surface area contributed by atoms with Crippen molar-refractivity contribution in [2.45, 2.75) is 70.1 Å². The summed E-state index contributed by atoms with van der Waals surface area (Å²) in [5.41, 5.74) is 2.59. The molecule has 0 aliphatic heterocycles. The highest BCUT2D eigenvalue weighted by Crippen LogP contribution is 2.38. The number of aliphatic hydroxyl groups is 1. The summed E-state index contributed by atoms with van der Waals surface area (Å²) in [6.45, 7) is 6.08. The van der Waals surface area contributed by atoms with Crippen LogP contribution in [0.3, 0.4) is 0 Å². The van der Waals surface area contributed by atoms with Crippen LogP contribution < -0.4 is 0 Å². The molecule has 1 aromatic rings. The third-order valence-corrected chi connectivity index (χ3v) is 6.20. The SMILES string of the molecule is C=C(CO)C(=O)OCC(COC)c1ccc(C2CCC(CCCCC)CC2)cc1. The lowest BCUT2D eigenvalue weighted by Gasteiger charge is -2.29. The number of hydrogen-bond donors (Lipinski definition) is 1. The van der Waals surface area contributed by atoms with Gasteiger partial charge in [-0.1, -0.05) is 63.5 Å². The van der Waals surface area contributed by atoms with Gasteiger partial charge in [0, 0.05) is 13.0 Å². The molecule has 0 saturated heterocycles. The van der Waals surface area contributed by atoms with Crippen LogP contribution in [-0.2, 0) is 14.3 Å². The van der Waals surface area contributed by atoms with Gasteiger partial charge in [-0.25, -0.2) is 4.79 Å². The number of esters is 1. The number of carbonyl (C=O) groups excluding carboxylic acids is 1. The Balaban J connectivity index is 1.88. The van der Waals surface area contributed by atoms with Gasteiger partial charge in [0.1, 0.15) is 6.61 Å². The van der Waals surface area contributed by atoms with Gasteiger partial charge in [-0.3, -0.25) is 0 Å². The van der Waals surface area contributed by atoms with Gasteiger partial charge in [0.05, 0.1) is 18.8 Å². The Labute approximate surface area is 176 Å². The van der Waals surface area contributed by atoms with E-state index >= 15 is 0 Å². The van der Waals surface area contributed by atoms with Crippen LogP contribution >= 0.6 is 0 Å². The molecule has 0 aromatic heterocycles. The van der Waals surface area contributed by atoms with Crippen molar-refractivity contribution in [3.05, 3.63) is 47.5 Å². The van der Waals surface area contributed by atoms with Gasteiger partial charge < -0.3 is 14.6 Å². The van der Waals surface area contributed by atoms with Gasteiger partial charge in [-0.15, -0.1) is 0 Å². The monoisotopic (exact) mass is 402 g/mol. The van der Waals surface area contributed by atoms with Gasteiger partial charge in [0.2, 0.25) is 0 Å². The van der Waals surface area contributed by atoms with E-state index in [1.807, 2.05) is 0 Å². The Morgan fingerprint density at radius 1 is 1.14 bits per heavy atom. The third kappa shape index (κ3) is 7.60. The smallest absolute Gasteiger partial charge is 0.335 e. The van der Waals surface area contributed by atoms with E-state index in [0.717, 1.165) is 11.5 Å². The number of aliphatic hydroxyl groups excluding tert-OH is 1. The zero-order valence-corrected chi connectivity index (χ0v) is 18.2. The lowest BCUT2D eigenvalue weighted by Crippen LogP contribution is -2.19. The van der Waals surface area contributed by atoms with Crippen molar-refractivity contribution < 1.29 is 19.4 Å². The van der Waals surface area contributed by atoms with E-state index in [4.69, 9.17) is 14.6 Å². The molecule has 1 fully saturated rings. The van der Waals surface area contributed by atoms with Gasteiger partial charge in [0.25, 0.3) is 0 Å². The normalized spacial score (nSPS) is 20.2. The zero-order chi connectivity index (χ0) is 21.1. The van der Waals surface area contributed by atoms with Crippen molar-refractivity contribution >= 4 is 5.97 Å². The lowest BCUT2D eigenvalue weighted by atomic mass is 9.77. The highest BCUT2D eigenvalue weighted by Gasteiger charge is 2.22. The van der Waals surface area contributed by atoms with E-state index in [0.29, 0.717) is 12.5 Å². The Bertz CT molecular complexity index is 614. The summed E-state index contributed by atoms with van der Waals surface area (Å²) in [6.07, 6.45) is 10.8. The summed E-state index contributed by atoms with van der Waals surface area (Å²) in [4.78, 5) is 11.8. The summed E-state index contributed by atoms with van der Waals surface area (Å²) in [6, 6.07) is 8.74. The summed E-state index contributed by atoms with van der Waals surface area (Å²) < 4.78 is 10.6. The standard InChI is InChI=1S/C25H38O4/c1-4-5-6-7-20-8-10-21(11-9-20)22-12-14-23(15-13-22)24(17-28-3)18-29-25(27)19(2)16-26/h12-15,20-21,24,26H,2,4-11,16-18H2,1,3H3. The predicted octanol–water partition coefficient (Wildman–Crippen LogP) is 5.36. The van der Waals surface area contributed by atoms with Crippen LogP contribution in [0.5, 0.6) is 0 Å². The van der Waals surface area contributed by atoms with Crippen molar-refractivity contribution in [3.8, 4) is 0 Å². The lowest BCUT2D eigenvalue weighted by molar-refractivity contribution is -0.140. The molecule has 1 saturated carbocycles. The van der Waals surface area contributed by atoms with Gasteiger partial charge >= 0.3 is 5.97 Å². The minimum atomic E-state index is -0.555. The summed E-state index contributed by atoms with van der Waals surface area (Å²) in [5, 5.41) is 8.99. The molecule has 0 bridgehead atoms. The molecule has 1 atom stereocenters. The van der Waals surface area contributed by atoms with E-state index in [1.54, 1.807) is 7.11 Å². The fourth-order valence-corrected chi connectivity index (χ4v) is 4.29. The molecule has 1 unspecified atom stereocenters. The second kappa shape index (κ2) is 12.8. The van der Waals surface area contributed by atoms with Crippen molar-refractivity contribution in [3.63, 3.8) is 0 Å². The molecule has 2 rings (SSSR count). The van der Waals surface area contributed by atoms with Crippen LogP contribution in [0.1, 0.15) is 81.3 Å². The Hall–Kier alpha value is -1.65. The number of hydrogen-bond acceptors (Lipinski definition) is 4. The maximum absolute atomic E-state index is 11.8. The number of rotatable bonds is 12. The first-order chi connectivity index (χ1) is 14.1. The first-order valence-electron chi connectivity index (χ1n) is 11.1. The minimum Gasteiger partial charge on any atom is -0.462 e. The van der Waals surface area contributed by atoms with Gasteiger partial charge in [0.15, 0.2) is 0 Å². The molecule has 0 spiro atoms. The Morgan fingerprint density at radius 2 is 1.83 bits per heavy atom. The Kier molecular flexibility index (Phi) is 10.4. The van der Waals surface area contributed by atoms with Crippen LogP contribution in [0.4, 0.5) is 0 Å². The van der Waals surface area contributed by atoms with Crippen LogP contribution in [0, 0.1) is 5.92 Å². The average Bonchev–Trinajstić information content (AvgIpc) is 2.76. The van der Waals surface area contributed by atoms with Crippen molar-refractivity contribution in [1.29, 1.82) is 0 Å². The molecular formula is C25H38O4.